The van der Waals surface area contributed by atoms with Gasteiger partial charge in [-0.15, -0.1) is 29.8 Å². The van der Waals surface area contributed by atoms with Gasteiger partial charge in [0.05, 0.1) is 67.6 Å². The number of phenols is 6. The fraction of sp³-hybridized carbons (Fsp3) is 0.393. The van der Waals surface area contributed by atoms with Gasteiger partial charge in [0.15, 0.2) is 0 Å². The molecule has 3 saturated heterocycles. The number of rotatable bonds is 12. The summed E-state index contributed by atoms with van der Waals surface area (Å²) < 4.78 is 54.8. The standard InChI is InChI=1S/C23H20O6.C20H13O6.C14H19BO5.C14H26O4.C8H7IO3.5C2H6.Y.H2/c1-13-10-14(15-5-8-18(20(24)11-15)22(26)28-2)4-7-17(13)16-6-9-19(21(25)12-16)23(27)29-3;21-17-9-13(5-7-15(17)19(23)24)11-1-2-12(4-3-11)14-6-8-16(20(25)26)18(22)10-14;1-13(2)14(3,4)20-15(19-13)9-6-7-10(11(16)8-9)12(17)18-5;1-11(2)12(3,4)16-9(15-11)10-17-13(5,6)14(7,8)18-10;1-12-8(11)6-3-2-5(9)4-7(6)10;5*1-2;;/h4-12,24-25H,1-3H3;1-3,5-10,21-22H,(H,23,24)(H,25,26);6-8,16H,1-5H3;9-10H,1-8H3;2-4,10H,1H3;5*1-2H3;;1H/q;-1;;;;;;;;;;/i;;;;;;;;;;;1+1. The molecule has 631 valence electrons. The summed E-state index contributed by atoms with van der Waals surface area (Å²) in [7, 11) is 4.49. The van der Waals surface area contributed by atoms with Gasteiger partial charge in [-0.1, -0.05) is 147 Å². The SMILES string of the molecule is CC.CC.CC.CC.CC.CC1(C)OC(C2OC(C)(C)C(C)(C)O2)OC1(C)C.COC(=O)c1ccc(-c2ccc(-c3ccc(C(=O)OC)c(O)c3)c(C)c2)cc1O.COC(=O)c1ccc(B2OC(C)(C)C(C)(C)O2)cc1O.COC(=O)c1ccc(I)cc1O.O=C(O)c1ccc(-c2[c-]cc(-c3ccc(C(=O)O)c(O)c3)cc2)cc1O.[2HH].[Y]. The second-order valence-electron chi connectivity index (χ2n) is 27.3. The van der Waals surface area contributed by atoms with E-state index in [0.29, 0.717) is 27.7 Å². The molecule has 0 aromatic heterocycles. The first kappa shape index (κ1) is 105. The molecule has 8 aromatic carbocycles. The molecular weight excluding hydrogens is 1680 g/mol. The van der Waals surface area contributed by atoms with Crippen LogP contribution in [-0.4, -0.2) is 158 Å². The van der Waals surface area contributed by atoms with Crippen LogP contribution in [0.5, 0.6) is 34.5 Å². The van der Waals surface area contributed by atoms with Crippen LogP contribution in [-0.2, 0) is 79.9 Å². The number of hydrogen-bond donors (Lipinski definition) is 8. The minimum Gasteiger partial charge on any atom is -0.508 e. The number of carbonyl (C=O) groups is 6. The Balaban J connectivity index is 0.00000142. The third-order valence-electron chi connectivity index (χ3n) is 18.7. The molecule has 116 heavy (non-hydrogen) atoms. The van der Waals surface area contributed by atoms with Gasteiger partial charge in [0.25, 0.3) is 0 Å². The summed E-state index contributed by atoms with van der Waals surface area (Å²) in [6.07, 6.45) is -0.952. The zero-order valence-corrected chi connectivity index (χ0v) is 76.6. The minimum absolute atomic E-state index is 0. The summed E-state index contributed by atoms with van der Waals surface area (Å²) >= 11 is 2.05. The van der Waals surface area contributed by atoms with E-state index in [4.69, 9.17) is 38.5 Å². The zero-order valence-electron chi connectivity index (χ0n) is 71.7. The smallest absolute Gasteiger partial charge is 0.494 e. The molecule has 24 nitrogen and oxygen atoms in total. The molecule has 3 aliphatic heterocycles. The first-order valence-corrected chi connectivity index (χ1v) is 38.6. The van der Waals surface area contributed by atoms with Crippen molar-refractivity contribution in [3.8, 4) is 79.0 Å². The van der Waals surface area contributed by atoms with Gasteiger partial charge in [-0.25, -0.2) is 28.8 Å². The fourth-order valence-electron chi connectivity index (χ4n) is 10.4. The van der Waals surface area contributed by atoms with Crippen molar-refractivity contribution in [2.24, 2.45) is 0 Å². The van der Waals surface area contributed by atoms with Crippen molar-refractivity contribution in [1.82, 2.24) is 0 Å². The van der Waals surface area contributed by atoms with E-state index in [1.54, 1.807) is 54.6 Å². The fourth-order valence-corrected chi connectivity index (χ4v) is 10.9. The quantitative estimate of drug-likeness (QED) is 0.0185. The van der Waals surface area contributed by atoms with E-state index in [9.17, 15) is 59.4 Å². The maximum Gasteiger partial charge on any atom is 0.494 e. The Morgan fingerprint density at radius 3 is 0.983 bits per heavy atom. The molecule has 0 aliphatic carbocycles. The summed E-state index contributed by atoms with van der Waals surface area (Å²) in [5.74, 6) is -5.88. The molecule has 1 radical (unpaired) electrons. The van der Waals surface area contributed by atoms with Crippen LogP contribution in [0.3, 0.4) is 0 Å². The molecular formula is C89H117BIO24Y-. The van der Waals surface area contributed by atoms with Gasteiger partial charge in [-0.3, -0.25) is 0 Å². The monoisotopic (exact) mass is 1800 g/mol. The second kappa shape index (κ2) is 46.8. The molecule has 0 unspecified atom stereocenters. The molecule has 3 heterocycles. The Bertz CT molecular complexity index is 4410. The average Bonchev–Trinajstić information content (AvgIpc) is 1.60. The number of methoxy groups -OCH3 is 4. The number of ether oxygens (including phenoxy) is 8. The molecule has 8 N–H and O–H groups in total. The molecule has 8 aromatic rings. The van der Waals surface area contributed by atoms with E-state index in [1.165, 1.54) is 101 Å². The van der Waals surface area contributed by atoms with Crippen LogP contribution in [0.2, 0.25) is 0 Å². The van der Waals surface area contributed by atoms with E-state index >= 15 is 0 Å². The Kier molecular flexibility index (Phi) is 42.4. The Morgan fingerprint density at radius 2 is 0.655 bits per heavy atom. The maximum atomic E-state index is 11.6. The minimum atomic E-state index is -1.21. The number of carboxylic acid groups (broad SMARTS) is 2. The number of esters is 4. The van der Waals surface area contributed by atoms with Crippen LogP contribution >= 0.6 is 22.6 Å². The number of phenolic OH excluding ortho intramolecular Hbond substituents is 4. The van der Waals surface area contributed by atoms with Gasteiger partial charge in [-0.2, -0.15) is 0 Å². The topological polar surface area (TPSA) is 357 Å². The average molecular weight is 1800 g/mol. The van der Waals surface area contributed by atoms with Crippen molar-refractivity contribution in [2.75, 3.05) is 28.4 Å². The van der Waals surface area contributed by atoms with Crippen LogP contribution in [0, 0.1) is 16.6 Å². The number of hydrogen-bond acceptors (Lipinski definition) is 22. The van der Waals surface area contributed by atoms with Gasteiger partial charge in [0.1, 0.15) is 62.3 Å². The number of aromatic hydroxyl groups is 6. The van der Waals surface area contributed by atoms with E-state index < -0.39 is 66.7 Å². The summed E-state index contributed by atoms with van der Waals surface area (Å²) in [5.41, 5.74) is 5.24. The molecule has 0 amide bonds. The first-order valence-electron chi connectivity index (χ1n) is 37.6. The molecule has 11 rings (SSSR count). The Hall–Kier alpha value is -8.96. The summed E-state index contributed by atoms with van der Waals surface area (Å²) in [5, 5.41) is 76.9. The Labute approximate surface area is 723 Å². The van der Waals surface area contributed by atoms with Crippen LogP contribution in [0.1, 0.15) is 221 Å². The van der Waals surface area contributed by atoms with Crippen LogP contribution in [0.4, 0.5) is 0 Å². The number of carbonyl (C=O) groups excluding carboxylic acids is 4. The maximum absolute atomic E-state index is 11.6. The van der Waals surface area contributed by atoms with Crippen molar-refractivity contribution in [3.05, 3.63) is 194 Å². The zero-order chi connectivity index (χ0) is 88.2. The number of aromatic carboxylic acids is 2. The number of carboxylic acids is 2. The Morgan fingerprint density at radius 1 is 0.371 bits per heavy atom. The molecule has 0 bridgehead atoms. The van der Waals surface area contributed by atoms with Crippen molar-refractivity contribution < 1.29 is 151 Å². The van der Waals surface area contributed by atoms with Gasteiger partial charge in [-0.05, 0) is 213 Å². The number of benzene rings is 8. The van der Waals surface area contributed by atoms with E-state index in [1.807, 2.05) is 200 Å². The van der Waals surface area contributed by atoms with Crippen LogP contribution in [0.25, 0.3) is 44.5 Å². The van der Waals surface area contributed by atoms with Crippen molar-refractivity contribution >= 4 is 71.0 Å². The first-order chi connectivity index (χ1) is 53.9. The molecule has 3 fully saturated rings. The number of aryl methyl sites for hydroxylation is 1. The normalized spacial score (nSPS) is 14.9. The summed E-state index contributed by atoms with van der Waals surface area (Å²) in [6.45, 7) is 45.9. The van der Waals surface area contributed by atoms with Gasteiger partial charge >= 0.3 is 42.9 Å². The van der Waals surface area contributed by atoms with Crippen molar-refractivity contribution in [2.45, 2.75) is 205 Å². The van der Waals surface area contributed by atoms with Crippen molar-refractivity contribution in [3.63, 3.8) is 0 Å². The largest absolute Gasteiger partial charge is 0.508 e. The van der Waals surface area contributed by atoms with Crippen LogP contribution in [0.15, 0.2) is 146 Å². The van der Waals surface area contributed by atoms with Crippen LogP contribution < -0.4 is 5.46 Å². The molecule has 0 spiro atoms. The molecule has 0 saturated carbocycles. The second-order valence-corrected chi connectivity index (χ2v) is 28.5. The third kappa shape index (κ3) is 27.0. The predicted octanol–water partition coefficient (Wildman–Crippen LogP) is 19.4. The van der Waals surface area contributed by atoms with Gasteiger partial charge in [0, 0.05) is 37.7 Å². The third-order valence-corrected chi connectivity index (χ3v) is 19.3. The number of halogens is 1. The molecule has 3 aliphatic rings. The summed E-state index contributed by atoms with van der Waals surface area (Å²) in [4.78, 5) is 67.5. The van der Waals surface area contributed by atoms with Gasteiger partial charge in [0.2, 0.25) is 12.6 Å². The summed E-state index contributed by atoms with van der Waals surface area (Å²) in [6, 6.07) is 41.3. The van der Waals surface area contributed by atoms with E-state index in [2.05, 4.69) is 25.0 Å². The van der Waals surface area contributed by atoms with E-state index in [0.717, 1.165) is 31.4 Å². The molecule has 0 atom stereocenters. The molecule has 27 heteroatoms. The van der Waals surface area contributed by atoms with Crippen molar-refractivity contribution in [1.29, 1.82) is 0 Å². The van der Waals surface area contributed by atoms with Gasteiger partial charge < -0.3 is 88.1 Å². The predicted molar refractivity (Wildman–Crippen MR) is 456 cm³/mol. The van der Waals surface area contributed by atoms with E-state index in [-0.39, 0.29) is 124 Å².